The number of esters is 4. The molecule has 0 amide bonds. The first kappa shape index (κ1) is 80.7. The number of benzene rings is 4. The standard InChI is InChI=1S/C16H20N2O5.C14H14N2O9S.C13H14O5.C9H10O.C8H12O5.C8H12O3/c1-12(18-13-6-4-3-5-7-13)17-8-9-21-14(19)16(2)10-22-15(20)23-11-16;1-14(7-24-13(18)25-8-14)12(17)23-4-5-26-11-3-2-9(15(19)20)6-10(11)16(21)22;1-13(8-17-12(15)18-9-13)11(14)16-7-10-5-3-2-4-6-10;1-8(10)7-9-5-3-2-4-6-9;1-3-11-6(9)8(2)4-12-7(10)13-5-8;1-6(2)8(3)4-10-7(9)11-5-8/h3-7,17-18H,1,8-11H2,2H3;2-3,6H,4-5,7-8H2,1H3;2-6H,7-9H2,1H3;2-6H,7H2,1H3;3-5H2,1-2H3;1,4-5H2,2-3H3/i;;;1T;;. The Bertz CT molecular complexity index is 3510. The molecule has 0 radical (unpaired) electrons. The lowest BCUT2D eigenvalue weighted by Crippen LogP contribution is -2.44. The van der Waals surface area contributed by atoms with E-state index in [1.54, 1.807) is 27.7 Å². The molecular weight excluding hydrogens is 1350 g/mol. The van der Waals surface area contributed by atoms with Crippen molar-refractivity contribution in [3.63, 3.8) is 0 Å². The summed E-state index contributed by atoms with van der Waals surface area (Å²) >= 11 is 1.03. The van der Waals surface area contributed by atoms with Gasteiger partial charge < -0.3 is 76.9 Å². The lowest BCUT2D eigenvalue weighted by Gasteiger charge is -2.32. The third-order valence-electron chi connectivity index (χ3n) is 14.5. The van der Waals surface area contributed by atoms with Gasteiger partial charge in [-0.05, 0) is 84.7 Å². The molecule has 33 heteroatoms. The zero-order valence-electron chi connectivity index (χ0n) is 57.8. The van der Waals surface area contributed by atoms with E-state index in [0.29, 0.717) is 38.6 Å². The number of Topliss-reactive ketones (excluding diaryl/α,β-unsaturated/α-hetero) is 1. The summed E-state index contributed by atoms with van der Waals surface area (Å²) in [7, 11) is 0. The van der Waals surface area contributed by atoms with Crippen LogP contribution >= 0.6 is 11.8 Å². The fourth-order valence-electron chi connectivity index (χ4n) is 7.95. The maximum absolute atomic E-state index is 12.0. The Morgan fingerprint density at radius 1 is 0.525 bits per heavy atom. The van der Waals surface area contributed by atoms with Crippen LogP contribution in [-0.4, -0.2) is 168 Å². The van der Waals surface area contributed by atoms with Gasteiger partial charge in [0.25, 0.3) is 11.4 Å². The highest BCUT2D eigenvalue weighted by Gasteiger charge is 2.45. The van der Waals surface area contributed by atoms with E-state index in [1.165, 1.54) is 13.0 Å². The Morgan fingerprint density at radius 3 is 1.29 bits per heavy atom. The van der Waals surface area contributed by atoms with Crippen molar-refractivity contribution in [2.24, 2.45) is 27.1 Å². The lowest BCUT2D eigenvalue weighted by atomic mass is 9.85. The molecule has 4 aromatic carbocycles. The minimum absolute atomic E-state index is 0.0144. The number of thioether (sulfide) groups is 1. The number of nitro benzene ring substituents is 2. The molecule has 32 nitrogen and oxygen atoms in total. The fourth-order valence-corrected chi connectivity index (χ4v) is 8.78. The van der Waals surface area contributed by atoms with Crippen LogP contribution in [0.5, 0.6) is 0 Å². The first-order valence-electron chi connectivity index (χ1n) is 31.5. The second-order valence-electron chi connectivity index (χ2n) is 23.9. The molecule has 0 unspecified atom stereocenters. The van der Waals surface area contributed by atoms with Crippen LogP contribution in [0.1, 0.15) is 67.9 Å². The largest absolute Gasteiger partial charge is 0.508 e. The smallest absolute Gasteiger partial charge is 0.465 e. The SMILES string of the molecule is C=C(C)C1(C)COC(=O)OC1.C=C(NCCOC(=O)C1(C)COC(=O)OC1)Nc1ccccc1.CC1(C(=O)OCCSc2ccc([N+](=O)[O-])cc2[N+](=O)[O-])COC(=O)OC1.CC1(C(=O)OCc2ccccc2)COC(=O)OC1.CCOC(=O)C1(C)COC(=O)OC1.[3H]CC(=O)Cc1ccccc1. The van der Waals surface area contributed by atoms with Crippen molar-refractivity contribution < 1.29 is 125 Å². The Kier molecular flexibility index (Phi) is 32.1. The monoisotopic (exact) mass is 1440 g/mol. The highest BCUT2D eigenvalue weighted by molar-refractivity contribution is 7.99. The number of para-hydroxylation sites is 1. The van der Waals surface area contributed by atoms with Crippen molar-refractivity contribution in [2.45, 2.75) is 73.3 Å². The molecule has 5 saturated heterocycles. The van der Waals surface area contributed by atoms with E-state index in [1.807, 2.05) is 105 Å². The molecule has 5 heterocycles. The number of ether oxygens (including phenoxy) is 14. The van der Waals surface area contributed by atoms with Crippen molar-refractivity contribution >= 4 is 89.3 Å². The maximum Gasteiger partial charge on any atom is 0.508 e. The van der Waals surface area contributed by atoms with Gasteiger partial charge in [0.05, 0.1) is 45.2 Å². The zero-order valence-corrected chi connectivity index (χ0v) is 57.6. The molecule has 0 aliphatic carbocycles. The minimum atomic E-state index is -1.11. The number of nitrogens with zero attached hydrogens (tertiary/aromatic N) is 2. The van der Waals surface area contributed by atoms with E-state index in [2.05, 4.69) is 42.7 Å². The number of hydrogen-bond donors (Lipinski definition) is 2. The highest BCUT2D eigenvalue weighted by Crippen LogP contribution is 2.34. The summed E-state index contributed by atoms with van der Waals surface area (Å²) < 4.78 is 73.9. The summed E-state index contributed by atoms with van der Waals surface area (Å²) in [5.74, 6) is -1.15. The number of carbonyl (C=O) groups excluding carboxylic acids is 10. The van der Waals surface area contributed by atoms with E-state index in [9.17, 15) is 68.2 Å². The van der Waals surface area contributed by atoms with Crippen LogP contribution in [0.4, 0.5) is 41.0 Å². The van der Waals surface area contributed by atoms with Gasteiger partial charge in [0.15, 0.2) is 0 Å². The van der Waals surface area contributed by atoms with E-state index >= 15 is 0 Å². The van der Waals surface area contributed by atoms with Crippen LogP contribution in [0.3, 0.4) is 0 Å². The molecule has 101 heavy (non-hydrogen) atoms. The lowest BCUT2D eigenvalue weighted by molar-refractivity contribution is -0.396. The first-order valence-corrected chi connectivity index (χ1v) is 31.8. The fraction of sp³-hybridized carbons (Fsp3) is 0.441. The molecule has 2 N–H and O–H groups in total. The molecule has 5 aliphatic rings. The first-order chi connectivity index (χ1) is 48.3. The van der Waals surface area contributed by atoms with Crippen LogP contribution in [0.15, 0.2) is 139 Å². The number of rotatable bonds is 22. The number of non-ortho nitro benzene ring substituents is 1. The molecule has 0 atom stereocenters. The Hall–Kier alpha value is -11.0. The number of cyclic esters (lactones) is 10. The van der Waals surface area contributed by atoms with Crippen molar-refractivity contribution in [2.75, 3.05) is 104 Å². The van der Waals surface area contributed by atoms with Crippen molar-refractivity contribution in [1.82, 2.24) is 5.32 Å². The predicted octanol–water partition coefficient (Wildman–Crippen LogP) is 10.4. The van der Waals surface area contributed by atoms with Gasteiger partial charge in [-0.1, -0.05) is 97.6 Å². The van der Waals surface area contributed by atoms with Crippen molar-refractivity contribution in [3.8, 4) is 0 Å². The van der Waals surface area contributed by atoms with Gasteiger partial charge in [-0.25, -0.2) is 24.0 Å². The maximum atomic E-state index is 12.0. The minimum Gasteiger partial charge on any atom is -0.465 e. The van der Waals surface area contributed by atoms with Gasteiger partial charge in [0.1, 0.15) is 113 Å². The molecule has 548 valence electrons. The molecule has 0 saturated carbocycles. The molecule has 0 bridgehead atoms. The molecule has 4 aromatic rings. The molecule has 0 aromatic heterocycles. The highest BCUT2D eigenvalue weighted by atomic mass is 32.2. The van der Waals surface area contributed by atoms with E-state index in [4.69, 9.17) is 48.7 Å². The van der Waals surface area contributed by atoms with Crippen LogP contribution in [0, 0.1) is 47.3 Å². The third-order valence-corrected chi connectivity index (χ3v) is 15.5. The molecule has 9 rings (SSSR count). The average molecular weight is 1440 g/mol. The van der Waals surface area contributed by atoms with Crippen LogP contribution < -0.4 is 10.6 Å². The number of hydrogen-bond acceptors (Lipinski definition) is 31. The Morgan fingerprint density at radius 2 is 0.901 bits per heavy atom. The van der Waals surface area contributed by atoms with Gasteiger partial charge in [0, 0.05) is 25.3 Å². The summed E-state index contributed by atoms with van der Waals surface area (Å²) in [6.45, 7) is 20.9. The summed E-state index contributed by atoms with van der Waals surface area (Å²) in [6.07, 6.45) is -3.28. The van der Waals surface area contributed by atoms with Crippen molar-refractivity contribution in [3.05, 3.63) is 165 Å². The normalized spacial score (nSPS) is 16.7. The Labute approximate surface area is 586 Å². The Balaban J connectivity index is 0.000000267. The summed E-state index contributed by atoms with van der Waals surface area (Å²) in [5, 5.41) is 27.8. The summed E-state index contributed by atoms with van der Waals surface area (Å²) in [4.78, 5) is 132. The second kappa shape index (κ2) is 40.2. The summed E-state index contributed by atoms with van der Waals surface area (Å²) in [6, 6.07) is 31.8. The van der Waals surface area contributed by atoms with E-state index in [-0.39, 0.29) is 107 Å². The van der Waals surface area contributed by atoms with Gasteiger partial charge in [-0.3, -0.25) is 44.2 Å². The van der Waals surface area contributed by atoms with Crippen LogP contribution in [0.2, 0.25) is 0 Å². The van der Waals surface area contributed by atoms with E-state index < -0.39 is 91.8 Å². The van der Waals surface area contributed by atoms with Gasteiger partial charge >= 0.3 is 54.7 Å². The van der Waals surface area contributed by atoms with Crippen LogP contribution in [0.25, 0.3) is 0 Å². The predicted molar refractivity (Wildman–Crippen MR) is 355 cm³/mol. The van der Waals surface area contributed by atoms with Crippen LogP contribution in [-0.2, 0) is 103 Å². The number of carbonyl (C=O) groups is 10. The molecule has 5 fully saturated rings. The quantitative estimate of drug-likeness (QED) is 0.0140. The number of nitrogens with one attached hydrogen (secondary N) is 2. The number of anilines is 1. The van der Waals surface area contributed by atoms with Gasteiger partial charge in [-0.15, -0.1) is 11.8 Å². The van der Waals surface area contributed by atoms with Crippen molar-refractivity contribution in [1.29, 1.82) is 0 Å². The molecule has 0 spiro atoms. The number of nitro groups is 2. The summed E-state index contributed by atoms with van der Waals surface area (Å²) in [5.41, 5.74) is -1.05. The second-order valence-corrected chi connectivity index (χ2v) is 25.0. The number of ketones is 1. The molecular formula is C68H82N4O28S. The third kappa shape index (κ3) is 28.4. The van der Waals surface area contributed by atoms with Gasteiger partial charge in [0.2, 0.25) is 0 Å². The molecule has 5 aliphatic heterocycles. The zero-order chi connectivity index (χ0) is 75.5. The topological polar surface area (TPSA) is 410 Å². The van der Waals surface area contributed by atoms with E-state index in [0.717, 1.165) is 46.3 Å². The average Bonchev–Trinajstić information content (AvgIpc) is 0.816. The van der Waals surface area contributed by atoms with Gasteiger partial charge in [-0.2, -0.15) is 0 Å².